The molecule has 0 radical (unpaired) electrons. The van der Waals surface area contributed by atoms with Crippen molar-refractivity contribution in [1.29, 1.82) is 0 Å². The molecule has 0 aromatic carbocycles. The summed E-state index contributed by atoms with van der Waals surface area (Å²) in [5, 5.41) is 7.15. The van der Waals surface area contributed by atoms with Gasteiger partial charge >= 0.3 is 0 Å². The van der Waals surface area contributed by atoms with E-state index in [1.54, 1.807) is 0 Å². The molecule has 2 nitrogen and oxygen atoms in total. The molecule has 2 atom stereocenters. The highest BCUT2D eigenvalue weighted by Gasteiger charge is 2.23. The van der Waals surface area contributed by atoms with Gasteiger partial charge in [0.1, 0.15) is 0 Å². The normalized spacial score (nSPS) is 26.2. The summed E-state index contributed by atoms with van der Waals surface area (Å²) in [5.41, 5.74) is 0. The molecule has 1 fully saturated rings. The molecule has 0 saturated carbocycles. The van der Waals surface area contributed by atoms with E-state index in [0.29, 0.717) is 0 Å². The Balaban J connectivity index is 2.22. The first kappa shape index (κ1) is 14.0. The van der Waals surface area contributed by atoms with Crippen LogP contribution in [0.5, 0.6) is 0 Å². The monoisotopic (exact) mass is 226 g/mol. The third kappa shape index (κ3) is 4.06. The fourth-order valence-corrected chi connectivity index (χ4v) is 2.81. The molecule has 0 aliphatic carbocycles. The predicted molar refractivity (Wildman–Crippen MR) is 71.6 cm³/mol. The average Bonchev–Trinajstić information content (AvgIpc) is 2.57. The van der Waals surface area contributed by atoms with E-state index in [4.69, 9.17) is 0 Å². The summed E-state index contributed by atoms with van der Waals surface area (Å²) in [6, 6.07) is 0. The SMILES string of the molecule is CC(C)C(CNC[C@@H]1CNC[C@H]1C)C(C)C. The van der Waals surface area contributed by atoms with Crippen LogP contribution >= 0.6 is 0 Å². The molecule has 96 valence electrons. The van der Waals surface area contributed by atoms with Crippen LogP contribution in [-0.4, -0.2) is 26.2 Å². The molecule has 0 spiro atoms. The fraction of sp³-hybridized carbons (Fsp3) is 1.00. The maximum atomic E-state index is 3.68. The van der Waals surface area contributed by atoms with Gasteiger partial charge in [0.05, 0.1) is 0 Å². The van der Waals surface area contributed by atoms with E-state index in [1.165, 1.54) is 26.2 Å². The molecule has 1 saturated heterocycles. The highest BCUT2D eigenvalue weighted by atomic mass is 15.0. The van der Waals surface area contributed by atoms with Gasteiger partial charge in [-0.1, -0.05) is 34.6 Å². The Morgan fingerprint density at radius 3 is 2.19 bits per heavy atom. The molecule has 1 heterocycles. The van der Waals surface area contributed by atoms with Gasteiger partial charge < -0.3 is 10.6 Å². The lowest BCUT2D eigenvalue weighted by Gasteiger charge is -2.26. The van der Waals surface area contributed by atoms with Crippen LogP contribution in [0.25, 0.3) is 0 Å². The van der Waals surface area contributed by atoms with E-state index in [2.05, 4.69) is 45.3 Å². The van der Waals surface area contributed by atoms with Crippen molar-refractivity contribution < 1.29 is 0 Å². The number of hydrogen-bond donors (Lipinski definition) is 2. The quantitative estimate of drug-likeness (QED) is 0.726. The molecule has 0 aromatic heterocycles. The molecule has 1 rings (SSSR count). The van der Waals surface area contributed by atoms with Crippen molar-refractivity contribution in [2.75, 3.05) is 26.2 Å². The largest absolute Gasteiger partial charge is 0.316 e. The van der Waals surface area contributed by atoms with Crippen LogP contribution in [0.2, 0.25) is 0 Å². The Morgan fingerprint density at radius 1 is 1.12 bits per heavy atom. The van der Waals surface area contributed by atoms with E-state index in [-0.39, 0.29) is 0 Å². The molecule has 0 aromatic rings. The van der Waals surface area contributed by atoms with Gasteiger partial charge in [-0.25, -0.2) is 0 Å². The van der Waals surface area contributed by atoms with Gasteiger partial charge in [-0.05, 0) is 55.8 Å². The zero-order chi connectivity index (χ0) is 12.1. The van der Waals surface area contributed by atoms with E-state index in [1.807, 2.05) is 0 Å². The van der Waals surface area contributed by atoms with Crippen molar-refractivity contribution in [1.82, 2.24) is 10.6 Å². The van der Waals surface area contributed by atoms with Gasteiger partial charge in [0, 0.05) is 0 Å². The van der Waals surface area contributed by atoms with Crippen LogP contribution in [0.4, 0.5) is 0 Å². The van der Waals surface area contributed by atoms with Crippen molar-refractivity contribution in [2.45, 2.75) is 34.6 Å². The smallest absolute Gasteiger partial charge is 0.000522 e. The number of rotatable bonds is 6. The first-order chi connectivity index (χ1) is 7.52. The van der Waals surface area contributed by atoms with Gasteiger partial charge in [0.25, 0.3) is 0 Å². The van der Waals surface area contributed by atoms with Gasteiger partial charge in [0.15, 0.2) is 0 Å². The molecule has 2 N–H and O–H groups in total. The van der Waals surface area contributed by atoms with Gasteiger partial charge in [-0.2, -0.15) is 0 Å². The molecule has 0 amide bonds. The van der Waals surface area contributed by atoms with Crippen LogP contribution in [0.15, 0.2) is 0 Å². The second-order valence-electron chi connectivity index (χ2n) is 6.21. The van der Waals surface area contributed by atoms with Crippen LogP contribution in [0.3, 0.4) is 0 Å². The maximum Gasteiger partial charge on any atom is -0.000522 e. The minimum atomic E-state index is 0.784. The first-order valence-corrected chi connectivity index (χ1v) is 6.93. The van der Waals surface area contributed by atoms with Crippen molar-refractivity contribution >= 4 is 0 Å². The Morgan fingerprint density at radius 2 is 1.75 bits per heavy atom. The molecule has 1 aliphatic rings. The Hall–Kier alpha value is -0.0800. The lowest BCUT2D eigenvalue weighted by molar-refractivity contribution is 0.267. The number of nitrogens with one attached hydrogen (secondary N) is 2. The van der Waals surface area contributed by atoms with Gasteiger partial charge in [-0.15, -0.1) is 0 Å². The van der Waals surface area contributed by atoms with Crippen LogP contribution < -0.4 is 10.6 Å². The highest BCUT2D eigenvalue weighted by molar-refractivity contribution is 4.80. The third-order valence-corrected chi connectivity index (χ3v) is 4.18. The first-order valence-electron chi connectivity index (χ1n) is 6.93. The molecule has 2 heteroatoms. The Labute approximate surface area is 102 Å². The topological polar surface area (TPSA) is 24.1 Å². The van der Waals surface area contributed by atoms with Gasteiger partial charge in [-0.3, -0.25) is 0 Å². The molecule has 16 heavy (non-hydrogen) atoms. The van der Waals surface area contributed by atoms with Crippen LogP contribution in [0, 0.1) is 29.6 Å². The summed E-state index contributed by atoms with van der Waals surface area (Å²) in [4.78, 5) is 0. The van der Waals surface area contributed by atoms with E-state index in [9.17, 15) is 0 Å². The van der Waals surface area contributed by atoms with Crippen molar-refractivity contribution in [2.24, 2.45) is 29.6 Å². The average molecular weight is 226 g/mol. The molecule has 1 aliphatic heterocycles. The highest BCUT2D eigenvalue weighted by Crippen LogP contribution is 2.20. The maximum absolute atomic E-state index is 3.68. The second kappa shape index (κ2) is 6.61. The minimum Gasteiger partial charge on any atom is -0.316 e. The molecular weight excluding hydrogens is 196 g/mol. The van der Waals surface area contributed by atoms with Crippen LogP contribution in [-0.2, 0) is 0 Å². The van der Waals surface area contributed by atoms with E-state index >= 15 is 0 Å². The zero-order valence-electron chi connectivity index (χ0n) is 11.7. The molecule has 0 bridgehead atoms. The summed E-state index contributed by atoms with van der Waals surface area (Å²) >= 11 is 0. The Kier molecular flexibility index (Phi) is 5.77. The van der Waals surface area contributed by atoms with E-state index < -0.39 is 0 Å². The summed E-state index contributed by atoms with van der Waals surface area (Å²) in [6.07, 6.45) is 0. The number of hydrogen-bond acceptors (Lipinski definition) is 2. The summed E-state index contributed by atoms with van der Waals surface area (Å²) < 4.78 is 0. The standard InChI is InChI=1S/C14H30N2/c1-10(2)14(11(3)4)9-16-8-13-7-15-6-12(13)5/h10-16H,6-9H2,1-5H3/t12-,13+/m1/s1. The summed E-state index contributed by atoms with van der Waals surface area (Å²) in [7, 11) is 0. The zero-order valence-corrected chi connectivity index (χ0v) is 11.7. The van der Waals surface area contributed by atoms with Gasteiger partial charge in [0.2, 0.25) is 0 Å². The molecule has 0 unspecified atom stereocenters. The van der Waals surface area contributed by atoms with Crippen LogP contribution in [0.1, 0.15) is 34.6 Å². The summed E-state index contributed by atoms with van der Waals surface area (Å²) in [5.74, 6) is 4.05. The van der Waals surface area contributed by atoms with E-state index in [0.717, 1.165) is 29.6 Å². The van der Waals surface area contributed by atoms with Crippen molar-refractivity contribution in [3.8, 4) is 0 Å². The third-order valence-electron chi connectivity index (χ3n) is 4.18. The Bertz CT molecular complexity index is 181. The molecular formula is C14H30N2. The fourth-order valence-electron chi connectivity index (χ4n) is 2.81. The summed E-state index contributed by atoms with van der Waals surface area (Å²) in [6.45, 7) is 16.5. The van der Waals surface area contributed by atoms with Crippen molar-refractivity contribution in [3.63, 3.8) is 0 Å². The minimum absolute atomic E-state index is 0.784. The lowest BCUT2D eigenvalue weighted by Crippen LogP contribution is -2.34. The van der Waals surface area contributed by atoms with Crippen molar-refractivity contribution in [3.05, 3.63) is 0 Å². The lowest BCUT2D eigenvalue weighted by atomic mass is 9.85. The second-order valence-corrected chi connectivity index (χ2v) is 6.21. The predicted octanol–water partition coefficient (Wildman–Crippen LogP) is 2.36.